The van der Waals surface area contributed by atoms with Gasteiger partial charge in [-0.2, -0.15) is 0 Å². The third kappa shape index (κ3) is 5.74. The maximum atomic E-state index is 13.2. The number of fused-ring (bicyclic) bond motifs is 1. The normalized spacial score (nSPS) is 11.3. The molecule has 1 amide bonds. The molecule has 0 aliphatic carbocycles. The summed E-state index contributed by atoms with van der Waals surface area (Å²) in [7, 11) is 5.75. The monoisotopic (exact) mass is 443 g/mol. The largest absolute Gasteiger partial charge is 0.497 e. The standard InChI is InChI=1S/C23H29N3O2S2/c1-16-13-20-21(14-17(16)2)30-23(24-20)26(12-6-11-25(3)4)22(27)15-29-19-9-7-18(28-5)8-10-19/h7-10,13-14H,6,11-12,15H2,1-5H3. The van der Waals surface area contributed by atoms with Crippen LogP contribution >= 0.6 is 23.1 Å². The summed E-state index contributed by atoms with van der Waals surface area (Å²) in [4.78, 5) is 23.0. The lowest BCUT2D eigenvalue weighted by Gasteiger charge is -2.21. The van der Waals surface area contributed by atoms with Gasteiger partial charge in [-0.1, -0.05) is 11.3 Å². The van der Waals surface area contributed by atoms with Crippen LogP contribution in [-0.4, -0.2) is 55.8 Å². The molecule has 0 unspecified atom stereocenters. The zero-order valence-corrected chi connectivity index (χ0v) is 19.9. The van der Waals surface area contributed by atoms with Crippen molar-refractivity contribution in [3.05, 3.63) is 47.5 Å². The van der Waals surface area contributed by atoms with Crippen LogP contribution in [0.3, 0.4) is 0 Å². The van der Waals surface area contributed by atoms with E-state index in [0.717, 1.165) is 39.0 Å². The predicted molar refractivity (Wildman–Crippen MR) is 128 cm³/mol. The summed E-state index contributed by atoms with van der Waals surface area (Å²) in [5.74, 6) is 1.28. The van der Waals surface area contributed by atoms with Crippen molar-refractivity contribution in [1.29, 1.82) is 0 Å². The third-order valence-corrected chi connectivity index (χ3v) is 6.97. The molecular formula is C23H29N3O2S2. The number of thioether (sulfide) groups is 1. The molecule has 1 aromatic heterocycles. The molecule has 0 spiro atoms. The lowest BCUT2D eigenvalue weighted by molar-refractivity contribution is -0.116. The second-order valence-corrected chi connectivity index (χ2v) is 9.62. The van der Waals surface area contributed by atoms with E-state index in [1.54, 1.807) is 30.2 Å². The van der Waals surface area contributed by atoms with Crippen molar-refractivity contribution in [2.45, 2.75) is 25.2 Å². The minimum atomic E-state index is 0.0853. The molecule has 0 aliphatic rings. The molecule has 3 aromatic rings. The van der Waals surface area contributed by atoms with Gasteiger partial charge in [0.05, 0.1) is 23.1 Å². The topological polar surface area (TPSA) is 45.7 Å². The van der Waals surface area contributed by atoms with Gasteiger partial charge in [-0.25, -0.2) is 4.98 Å². The number of aromatic nitrogens is 1. The molecule has 30 heavy (non-hydrogen) atoms. The van der Waals surface area contributed by atoms with Crippen molar-refractivity contribution >= 4 is 44.4 Å². The molecule has 5 nitrogen and oxygen atoms in total. The van der Waals surface area contributed by atoms with Gasteiger partial charge < -0.3 is 9.64 Å². The predicted octanol–water partition coefficient (Wildman–Crippen LogP) is 5.00. The zero-order valence-electron chi connectivity index (χ0n) is 18.3. The number of benzene rings is 2. The number of anilines is 1. The average molecular weight is 444 g/mol. The van der Waals surface area contributed by atoms with Crippen molar-refractivity contribution in [2.24, 2.45) is 0 Å². The van der Waals surface area contributed by atoms with Gasteiger partial charge in [0, 0.05) is 11.4 Å². The van der Waals surface area contributed by atoms with Crippen molar-refractivity contribution in [3.63, 3.8) is 0 Å². The van der Waals surface area contributed by atoms with Crippen LogP contribution in [0.4, 0.5) is 5.13 Å². The van der Waals surface area contributed by atoms with Gasteiger partial charge in [-0.05, 0) is 88.4 Å². The zero-order chi connectivity index (χ0) is 21.7. The van der Waals surface area contributed by atoms with Crippen LogP contribution in [0, 0.1) is 13.8 Å². The number of nitrogens with zero attached hydrogens (tertiary/aromatic N) is 3. The lowest BCUT2D eigenvalue weighted by atomic mass is 10.1. The van der Waals surface area contributed by atoms with Gasteiger partial charge >= 0.3 is 0 Å². The second-order valence-electron chi connectivity index (χ2n) is 7.57. The minimum Gasteiger partial charge on any atom is -0.497 e. The Kier molecular flexibility index (Phi) is 7.75. The number of carbonyl (C=O) groups excluding carboxylic acids is 1. The number of aryl methyl sites for hydroxylation is 2. The van der Waals surface area contributed by atoms with Crippen molar-refractivity contribution in [1.82, 2.24) is 9.88 Å². The molecule has 0 fully saturated rings. The fourth-order valence-corrected chi connectivity index (χ4v) is 4.91. The molecule has 160 valence electrons. The Morgan fingerprint density at radius 2 is 1.80 bits per heavy atom. The Labute approximate surface area is 187 Å². The number of hydrogen-bond donors (Lipinski definition) is 0. The Bertz CT molecular complexity index is 961. The molecule has 0 aliphatic heterocycles. The maximum absolute atomic E-state index is 13.2. The van der Waals surface area contributed by atoms with Crippen LogP contribution in [0.1, 0.15) is 17.5 Å². The Hall–Kier alpha value is -2.09. The van der Waals surface area contributed by atoms with Gasteiger partial charge in [0.1, 0.15) is 5.75 Å². The fraction of sp³-hybridized carbons (Fsp3) is 0.391. The van der Waals surface area contributed by atoms with E-state index in [1.807, 2.05) is 29.2 Å². The van der Waals surface area contributed by atoms with E-state index in [1.165, 1.54) is 11.1 Å². The molecule has 2 aromatic carbocycles. The molecule has 0 N–H and O–H groups in total. The van der Waals surface area contributed by atoms with Gasteiger partial charge in [0.15, 0.2) is 5.13 Å². The third-order valence-electron chi connectivity index (χ3n) is 4.93. The average Bonchev–Trinajstić information content (AvgIpc) is 3.12. The van der Waals surface area contributed by atoms with E-state index in [9.17, 15) is 4.79 Å². The van der Waals surface area contributed by atoms with Crippen LogP contribution in [0.2, 0.25) is 0 Å². The first-order chi connectivity index (χ1) is 14.4. The number of thiazole rings is 1. The summed E-state index contributed by atoms with van der Waals surface area (Å²) in [5, 5.41) is 0.786. The molecular weight excluding hydrogens is 414 g/mol. The molecule has 0 saturated carbocycles. The molecule has 0 bridgehead atoms. The number of hydrogen-bond acceptors (Lipinski definition) is 6. The SMILES string of the molecule is COc1ccc(SCC(=O)N(CCCN(C)C)c2nc3cc(C)c(C)cc3s2)cc1. The highest BCUT2D eigenvalue weighted by Gasteiger charge is 2.20. The van der Waals surface area contributed by atoms with Crippen molar-refractivity contribution in [2.75, 3.05) is 44.9 Å². The fourth-order valence-electron chi connectivity index (χ4n) is 3.05. The first kappa shape index (κ1) is 22.6. The number of amides is 1. The van der Waals surface area contributed by atoms with Gasteiger partial charge in [-0.3, -0.25) is 9.69 Å². The smallest absolute Gasteiger partial charge is 0.239 e. The van der Waals surface area contributed by atoms with Crippen LogP contribution in [-0.2, 0) is 4.79 Å². The van der Waals surface area contributed by atoms with Gasteiger partial charge in [-0.15, -0.1) is 11.8 Å². The highest BCUT2D eigenvalue weighted by atomic mass is 32.2. The van der Waals surface area contributed by atoms with Crippen LogP contribution in [0.15, 0.2) is 41.3 Å². The van der Waals surface area contributed by atoms with Crippen molar-refractivity contribution in [3.8, 4) is 5.75 Å². The van der Waals surface area contributed by atoms with E-state index in [-0.39, 0.29) is 5.91 Å². The number of ether oxygens (including phenoxy) is 1. The highest BCUT2D eigenvalue weighted by molar-refractivity contribution is 8.00. The molecule has 7 heteroatoms. The van der Waals surface area contributed by atoms with E-state index in [0.29, 0.717) is 12.3 Å². The van der Waals surface area contributed by atoms with Crippen LogP contribution in [0.5, 0.6) is 5.75 Å². The van der Waals surface area contributed by atoms with E-state index < -0.39 is 0 Å². The van der Waals surface area contributed by atoms with E-state index in [2.05, 4.69) is 45.0 Å². The number of rotatable bonds is 9. The quantitative estimate of drug-likeness (QED) is 0.436. The minimum absolute atomic E-state index is 0.0853. The van der Waals surface area contributed by atoms with Crippen LogP contribution < -0.4 is 9.64 Å². The highest BCUT2D eigenvalue weighted by Crippen LogP contribution is 2.32. The molecule has 0 atom stereocenters. The van der Waals surface area contributed by atoms with Gasteiger partial charge in [0.2, 0.25) is 5.91 Å². The van der Waals surface area contributed by atoms with Crippen molar-refractivity contribution < 1.29 is 9.53 Å². The molecule has 1 heterocycles. The van der Waals surface area contributed by atoms with Gasteiger partial charge in [0.25, 0.3) is 0 Å². The Balaban J connectivity index is 1.77. The number of carbonyl (C=O) groups is 1. The summed E-state index contributed by atoms with van der Waals surface area (Å²) in [5.41, 5.74) is 3.43. The van der Waals surface area contributed by atoms with Crippen LogP contribution in [0.25, 0.3) is 10.2 Å². The number of methoxy groups -OCH3 is 1. The summed E-state index contributed by atoms with van der Waals surface area (Å²) in [6.45, 7) is 5.80. The summed E-state index contributed by atoms with van der Waals surface area (Å²) < 4.78 is 6.33. The van der Waals surface area contributed by atoms with E-state index >= 15 is 0 Å². The Morgan fingerprint density at radius 1 is 1.10 bits per heavy atom. The first-order valence-electron chi connectivity index (χ1n) is 9.97. The Morgan fingerprint density at radius 3 is 2.47 bits per heavy atom. The lowest BCUT2D eigenvalue weighted by Crippen LogP contribution is -2.34. The molecule has 0 saturated heterocycles. The summed E-state index contributed by atoms with van der Waals surface area (Å²) in [6.07, 6.45) is 0.903. The first-order valence-corrected chi connectivity index (χ1v) is 11.8. The summed E-state index contributed by atoms with van der Waals surface area (Å²) in [6, 6.07) is 12.1. The molecule has 3 rings (SSSR count). The second kappa shape index (κ2) is 10.3. The maximum Gasteiger partial charge on any atom is 0.239 e. The summed E-state index contributed by atoms with van der Waals surface area (Å²) >= 11 is 3.14. The van der Waals surface area contributed by atoms with E-state index in [4.69, 9.17) is 9.72 Å². The molecule has 0 radical (unpaired) electrons.